The van der Waals surface area contributed by atoms with Gasteiger partial charge < -0.3 is 17.2 Å². The summed E-state index contributed by atoms with van der Waals surface area (Å²) in [5, 5.41) is 0. The molecule has 6 heteroatoms. The van der Waals surface area contributed by atoms with Crippen molar-refractivity contribution in [1.82, 2.24) is 0 Å². The molecule has 0 fully saturated rings. The summed E-state index contributed by atoms with van der Waals surface area (Å²) in [4.78, 5) is 35.7. The maximum atomic E-state index is 12.1. The highest BCUT2D eigenvalue weighted by Crippen LogP contribution is 2.31. The van der Waals surface area contributed by atoms with E-state index in [0.29, 0.717) is 23.1 Å². The van der Waals surface area contributed by atoms with Crippen LogP contribution in [0.3, 0.4) is 0 Å². The van der Waals surface area contributed by atoms with E-state index in [1.165, 1.54) is 11.6 Å². The molecule has 0 bridgehead atoms. The van der Waals surface area contributed by atoms with Gasteiger partial charge in [-0.25, -0.2) is 0 Å². The van der Waals surface area contributed by atoms with Crippen molar-refractivity contribution in [2.45, 2.75) is 25.7 Å². The number of aryl methyl sites for hydroxylation is 1. The van der Waals surface area contributed by atoms with Gasteiger partial charge in [-0.15, -0.1) is 0 Å². The van der Waals surface area contributed by atoms with Crippen molar-refractivity contribution in [3.8, 4) is 11.1 Å². The molecular weight excluding hydrogens is 390 g/mol. The predicted molar refractivity (Wildman–Crippen MR) is 121 cm³/mol. The molecule has 31 heavy (non-hydrogen) atoms. The molecule has 0 aliphatic rings. The Morgan fingerprint density at radius 2 is 1.29 bits per heavy atom. The molecule has 0 aromatic heterocycles. The van der Waals surface area contributed by atoms with Gasteiger partial charge in [0.15, 0.2) is 0 Å². The highest BCUT2D eigenvalue weighted by atomic mass is 16.2. The van der Waals surface area contributed by atoms with Gasteiger partial charge in [0.2, 0.25) is 17.7 Å². The second-order valence-electron chi connectivity index (χ2n) is 7.38. The van der Waals surface area contributed by atoms with E-state index in [2.05, 4.69) is 12.1 Å². The van der Waals surface area contributed by atoms with Gasteiger partial charge in [0.1, 0.15) is 0 Å². The van der Waals surface area contributed by atoms with E-state index in [-0.39, 0.29) is 11.1 Å². The molecule has 0 radical (unpaired) electrons. The fourth-order valence-electron chi connectivity index (χ4n) is 3.75. The Kier molecular flexibility index (Phi) is 6.82. The zero-order valence-corrected chi connectivity index (χ0v) is 17.1. The largest absolute Gasteiger partial charge is 0.366 e. The standard InChI is InChI=1S/C25H25N3O3/c26-23(29)17-13-14-20(22(15-17)25(28)31)18-11-6-12-21(24(27)30)19(18)10-5-4-9-16-7-2-1-3-8-16/h1-3,6-8,11-15H,4-5,9-10H2,(H2,26,29)(H2,27,30)(H2,28,31). The molecule has 0 aliphatic heterocycles. The number of hydrogen-bond acceptors (Lipinski definition) is 3. The lowest BCUT2D eigenvalue weighted by Gasteiger charge is -2.16. The minimum Gasteiger partial charge on any atom is -0.366 e. The summed E-state index contributed by atoms with van der Waals surface area (Å²) in [7, 11) is 0. The van der Waals surface area contributed by atoms with Crippen LogP contribution >= 0.6 is 0 Å². The summed E-state index contributed by atoms with van der Waals surface area (Å²) >= 11 is 0. The number of unbranched alkanes of at least 4 members (excludes halogenated alkanes) is 1. The van der Waals surface area contributed by atoms with Gasteiger partial charge in [-0.05, 0) is 66.1 Å². The smallest absolute Gasteiger partial charge is 0.249 e. The first kappa shape index (κ1) is 21.8. The van der Waals surface area contributed by atoms with Crippen LogP contribution in [0.25, 0.3) is 11.1 Å². The summed E-state index contributed by atoms with van der Waals surface area (Å²) < 4.78 is 0. The van der Waals surface area contributed by atoms with E-state index >= 15 is 0 Å². The van der Waals surface area contributed by atoms with Crippen LogP contribution in [-0.4, -0.2) is 17.7 Å². The van der Waals surface area contributed by atoms with Crippen molar-refractivity contribution in [2.24, 2.45) is 17.2 Å². The fourth-order valence-corrected chi connectivity index (χ4v) is 3.75. The van der Waals surface area contributed by atoms with Gasteiger partial charge >= 0.3 is 0 Å². The van der Waals surface area contributed by atoms with Crippen LogP contribution in [0.4, 0.5) is 0 Å². The molecule has 0 atom stereocenters. The molecule has 0 saturated heterocycles. The molecule has 0 saturated carbocycles. The van der Waals surface area contributed by atoms with Crippen LogP contribution in [0, 0.1) is 0 Å². The van der Waals surface area contributed by atoms with Crippen LogP contribution in [0.15, 0.2) is 66.7 Å². The molecule has 3 rings (SSSR count). The first-order valence-corrected chi connectivity index (χ1v) is 10.1. The van der Waals surface area contributed by atoms with E-state index in [1.807, 2.05) is 24.3 Å². The molecule has 0 unspecified atom stereocenters. The van der Waals surface area contributed by atoms with E-state index < -0.39 is 17.7 Å². The average Bonchev–Trinajstić information content (AvgIpc) is 2.76. The minimum absolute atomic E-state index is 0.170. The number of benzene rings is 3. The van der Waals surface area contributed by atoms with Gasteiger partial charge in [-0.3, -0.25) is 14.4 Å². The Bertz CT molecular complexity index is 1120. The van der Waals surface area contributed by atoms with Crippen molar-refractivity contribution in [1.29, 1.82) is 0 Å². The maximum absolute atomic E-state index is 12.1. The predicted octanol–water partition coefficient (Wildman–Crippen LogP) is 3.22. The van der Waals surface area contributed by atoms with Gasteiger partial charge in [0.25, 0.3) is 0 Å². The highest BCUT2D eigenvalue weighted by molar-refractivity contribution is 6.04. The summed E-state index contributed by atoms with van der Waals surface area (Å²) in [5.74, 6) is -1.87. The molecule has 6 nitrogen and oxygen atoms in total. The minimum atomic E-state index is -0.683. The quantitative estimate of drug-likeness (QED) is 0.464. The van der Waals surface area contributed by atoms with Gasteiger partial charge in [0.05, 0.1) is 0 Å². The third-order valence-corrected chi connectivity index (χ3v) is 5.29. The number of carbonyl (C=O) groups excluding carboxylic acids is 3. The Morgan fingerprint density at radius 3 is 1.94 bits per heavy atom. The number of carbonyl (C=O) groups is 3. The van der Waals surface area contributed by atoms with Crippen molar-refractivity contribution in [2.75, 3.05) is 0 Å². The van der Waals surface area contributed by atoms with E-state index in [4.69, 9.17) is 17.2 Å². The lowest BCUT2D eigenvalue weighted by atomic mass is 9.88. The zero-order valence-electron chi connectivity index (χ0n) is 17.1. The van der Waals surface area contributed by atoms with Crippen molar-refractivity contribution in [3.05, 3.63) is 94.5 Å². The maximum Gasteiger partial charge on any atom is 0.249 e. The monoisotopic (exact) mass is 415 g/mol. The van der Waals surface area contributed by atoms with Crippen LogP contribution in [-0.2, 0) is 12.8 Å². The lowest BCUT2D eigenvalue weighted by molar-refractivity contribution is 0.0989. The van der Waals surface area contributed by atoms with Gasteiger partial charge in [0, 0.05) is 16.7 Å². The molecule has 0 spiro atoms. The second kappa shape index (κ2) is 9.71. The molecule has 3 aromatic carbocycles. The van der Waals surface area contributed by atoms with Gasteiger partial charge in [-0.2, -0.15) is 0 Å². The Morgan fingerprint density at radius 1 is 0.613 bits per heavy atom. The third kappa shape index (κ3) is 5.17. The SMILES string of the molecule is NC(=O)c1ccc(-c2cccc(C(N)=O)c2CCCCc2ccccc2)c(C(N)=O)c1. The number of rotatable bonds is 9. The molecule has 0 heterocycles. The second-order valence-corrected chi connectivity index (χ2v) is 7.38. The summed E-state index contributed by atoms with van der Waals surface area (Å²) in [6, 6.07) is 20.0. The highest BCUT2D eigenvalue weighted by Gasteiger charge is 2.19. The molecule has 158 valence electrons. The van der Waals surface area contributed by atoms with Crippen molar-refractivity contribution in [3.63, 3.8) is 0 Å². The molecule has 0 aliphatic carbocycles. The number of amides is 3. The van der Waals surface area contributed by atoms with Crippen LogP contribution in [0.5, 0.6) is 0 Å². The first-order chi connectivity index (χ1) is 14.9. The molecular formula is C25H25N3O3. The van der Waals surface area contributed by atoms with Crippen molar-refractivity contribution >= 4 is 17.7 Å². The van der Waals surface area contributed by atoms with E-state index in [9.17, 15) is 14.4 Å². The van der Waals surface area contributed by atoms with E-state index in [1.54, 1.807) is 24.3 Å². The summed E-state index contributed by atoms with van der Waals surface area (Å²) in [5.41, 5.74) is 20.6. The van der Waals surface area contributed by atoms with E-state index in [0.717, 1.165) is 24.8 Å². The molecule has 3 aromatic rings. The first-order valence-electron chi connectivity index (χ1n) is 10.1. The number of hydrogen-bond donors (Lipinski definition) is 3. The summed E-state index contributed by atoms with van der Waals surface area (Å²) in [6.07, 6.45) is 3.29. The third-order valence-electron chi connectivity index (χ3n) is 5.29. The normalized spacial score (nSPS) is 10.6. The fraction of sp³-hybridized carbons (Fsp3) is 0.160. The van der Waals surface area contributed by atoms with Crippen LogP contribution < -0.4 is 17.2 Å². The Labute approximate surface area is 181 Å². The average molecular weight is 415 g/mol. The number of primary amides is 3. The lowest BCUT2D eigenvalue weighted by Crippen LogP contribution is -2.18. The topological polar surface area (TPSA) is 129 Å². The van der Waals surface area contributed by atoms with Crippen LogP contribution in [0.1, 0.15) is 55.0 Å². The molecule has 3 amide bonds. The van der Waals surface area contributed by atoms with Gasteiger partial charge in [-0.1, -0.05) is 48.5 Å². The summed E-state index contributed by atoms with van der Waals surface area (Å²) in [6.45, 7) is 0. The molecule has 6 N–H and O–H groups in total. The Hall–Kier alpha value is -3.93. The Balaban J connectivity index is 1.96. The van der Waals surface area contributed by atoms with Crippen molar-refractivity contribution < 1.29 is 14.4 Å². The zero-order chi connectivity index (χ0) is 22.4. The van der Waals surface area contributed by atoms with Crippen LogP contribution in [0.2, 0.25) is 0 Å². The number of nitrogens with two attached hydrogens (primary N) is 3.